The first-order valence-corrected chi connectivity index (χ1v) is 8.91. The molecule has 1 aliphatic rings. The van der Waals surface area contributed by atoms with Gasteiger partial charge in [0.2, 0.25) is 0 Å². The van der Waals surface area contributed by atoms with Crippen LogP contribution < -0.4 is 10.6 Å². The summed E-state index contributed by atoms with van der Waals surface area (Å²) in [6, 6.07) is 17.2. The maximum Gasteiger partial charge on any atom is 0.411 e. The molecule has 1 fully saturated rings. The lowest BCUT2D eigenvalue weighted by Gasteiger charge is -2.34. The number of nitrogens with zero attached hydrogens (tertiary/aromatic N) is 2. The lowest BCUT2D eigenvalue weighted by Crippen LogP contribution is -2.49. The zero-order valence-corrected chi connectivity index (χ0v) is 15.4. The van der Waals surface area contributed by atoms with Gasteiger partial charge in [0.15, 0.2) is 0 Å². The van der Waals surface area contributed by atoms with Crippen molar-refractivity contribution in [2.75, 3.05) is 43.9 Å². The van der Waals surface area contributed by atoms with Crippen molar-refractivity contribution in [1.82, 2.24) is 9.80 Å². The quantitative estimate of drug-likeness (QED) is 0.869. The second-order valence-electron chi connectivity index (χ2n) is 6.38. The zero-order chi connectivity index (χ0) is 19.1. The lowest BCUT2D eigenvalue weighted by atomic mass is 10.2. The van der Waals surface area contributed by atoms with Crippen molar-refractivity contribution in [1.29, 1.82) is 0 Å². The highest BCUT2D eigenvalue weighted by atomic mass is 16.5. The normalized spacial score (nSPS) is 14.5. The van der Waals surface area contributed by atoms with Crippen molar-refractivity contribution in [2.45, 2.75) is 6.54 Å². The van der Waals surface area contributed by atoms with E-state index in [1.54, 1.807) is 24.3 Å². The molecule has 2 aromatic rings. The number of methoxy groups -OCH3 is 1. The molecule has 1 heterocycles. The number of anilines is 2. The van der Waals surface area contributed by atoms with Crippen molar-refractivity contribution < 1.29 is 14.3 Å². The van der Waals surface area contributed by atoms with Gasteiger partial charge in [-0.05, 0) is 23.8 Å². The molecule has 0 aromatic heterocycles. The molecule has 0 atom stereocenters. The molecule has 0 unspecified atom stereocenters. The number of hydrogen-bond acceptors (Lipinski definition) is 4. The van der Waals surface area contributed by atoms with Gasteiger partial charge in [0, 0.05) is 44.1 Å². The van der Waals surface area contributed by atoms with Crippen LogP contribution in [-0.4, -0.2) is 55.2 Å². The Morgan fingerprint density at radius 2 is 1.59 bits per heavy atom. The minimum absolute atomic E-state index is 0.135. The highest BCUT2D eigenvalue weighted by molar-refractivity contribution is 5.91. The van der Waals surface area contributed by atoms with Crippen molar-refractivity contribution in [3.05, 3.63) is 60.2 Å². The molecule has 3 amide bonds. The smallest absolute Gasteiger partial charge is 0.411 e. The van der Waals surface area contributed by atoms with Crippen LogP contribution in [0.25, 0.3) is 0 Å². The fourth-order valence-corrected chi connectivity index (χ4v) is 3.00. The fraction of sp³-hybridized carbons (Fsp3) is 0.300. The summed E-state index contributed by atoms with van der Waals surface area (Å²) in [5, 5.41) is 5.47. The van der Waals surface area contributed by atoms with Gasteiger partial charge in [-0.1, -0.05) is 36.4 Å². The van der Waals surface area contributed by atoms with Gasteiger partial charge in [0.05, 0.1) is 7.11 Å². The predicted octanol–water partition coefficient (Wildman–Crippen LogP) is 3.21. The predicted molar refractivity (Wildman–Crippen MR) is 105 cm³/mol. The van der Waals surface area contributed by atoms with Crippen LogP contribution in [0.2, 0.25) is 0 Å². The number of urea groups is 1. The molecule has 7 nitrogen and oxygen atoms in total. The first-order valence-electron chi connectivity index (χ1n) is 8.91. The number of amides is 3. The van der Waals surface area contributed by atoms with E-state index in [4.69, 9.17) is 0 Å². The number of ether oxygens (including phenoxy) is 1. The maximum absolute atomic E-state index is 12.5. The highest BCUT2D eigenvalue weighted by Crippen LogP contribution is 2.16. The third-order valence-corrected chi connectivity index (χ3v) is 4.45. The molecule has 3 rings (SSSR count). The summed E-state index contributed by atoms with van der Waals surface area (Å²) < 4.78 is 4.57. The van der Waals surface area contributed by atoms with Crippen LogP contribution >= 0.6 is 0 Å². The summed E-state index contributed by atoms with van der Waals surface area (Å²) in [6.45, 7) is 3.94. The molecule has 0 bridgehead atoms. The number of nitrogens with one attached hydrogen (secondary N) is 2. The van der Waals surface area contributed by atoms with E-state index in [0.717, 1.165) is 19.6 Å². The van der Waals surface area contributed by atoms with E-state index in [-0.39, 0.29) is 6.03 Å². The van der Waals surface area contributed by atoms with Crippen molar-refractivity contribution in [3.8, 4) is 0 Å². The van der Waals surface area contributed by atoms with Gasteiger partial charge in [0.1, 0.15) is 0 Å². The molecular formula is C20H24N4O3. The van der Waals surface area contributed by atoms with Gasteiger partial charge >= 0.3 is 12.1 Å². The molecule has 1 aliphatic heterocycles. The van der Waals surface area contributed by atoms with Crippen LogP contribution in [0.3, 0.4) is 0 Å². The van der Waals surface area contributed by atoms with E-state index in [0.29, 0.717) is 24.5 Å². The number of carbonyl (C=O) groups is 2. The van der Waals surface area contributed by atoms with Crippen LogP contribution in [0.4, 0.5) is 21.0 Å². The molecule has 7 heteroatoms. The molecule has 0 aliphatic carbocycles. The van der Waals surface area contributed by atoms with E-state index in [9.17, 15) is 9.59 Å². The topological polar surface area (TPSA) is 73.9 Å². The number of carbonyl (C=O) groups excluding carboxylic acids is 2. The summed E-state index contributed by atoms with van der Waals surface area (Å²) in [7, 11) is 1.30. The Morgan fingerprint density at radius 1 is 0.926 bits per heavy atom. The van der Waals surface area contributed by atoms with Crippen LogP contribution in [0.5, 0.6) is 0 Å². The Labute approximate surface area is 158 Å². The second-order valence-corrected chi connectivity index (χ2v) is 6.38. The molecule has 27 heavy (non-hydrogen) atoms. The van der Waals surface area contributed by atoms with Crippen LogP contribution in [0.1, 0.15) is 5.56 Å². The van der Waals surface area contributed by atoms with E-state index in [2.05, 4.69) is 32.4 Å². The van der Waals surface area contributed by atoms with Crippen LogP contribution in [0, 0.1) is 0 Å². The van der Waals surface area contributed by atoms with E-state index in [1.807, 2.05) is 23.1 Å². The van der Waals surface area contributed by atoms with E-state index in [1.165, 1.54) is 12.7 Å². The van der Waals surface area contributed by atoms with Gasteiger partial charge in [-0.2, -0.15) is 0 Å². The minimum atomic E-state index is -0.548. The average molecular weight is 368 g/mol. The Morgan fingerprint density at radius 3 is 2.26 bits per heavy atom. The number of rotatable bonds is 4. The van der Waals surface area contributed by atoms with E-state index >= 15 is 0 Å². The summed E-state index contributed by atoms with van der Waals surface area (Å²) in [6.07, 6.45) is -0.548. The lowest BCUT2D eigenvalue weighted by molar-refractivity contribution is 0.143. The largest absolute Gasteiger partial charge is 0.453 e. The maximum atomic E-state index is 12.5. The first-order chi connectivity index (χ1) is 13.1. The number of hydrogen-bond donors (Lipinski definition) is 2. The Balaban J connectivity index is 1.49. The Kier molecular flexibility index (Phi) is 6.27. The summed E-state index contributed by atoms with van der Waals surface area (Å²) in [5.41, 5.74) is 2.47. The minimum Gasteiger partial charge on any atom is -0.453 e. The zero-order valence-electron chi connectivity index (χ0n) is 15.4. The molecule has 0 saturated carbocycles. The molecule has 0 spiro atoms. The van der Waals surface area contributed by atoms with Gasteiger partial charge < -0.3 is 15.0 Å². The molecule has 2 N–H and O–H groups in total. The van der Waals surface area contributed by atoms with Crippen molar-refractivity contribution >= 4 is 23.5 Å². The van der Waals surface area contributed by atoms with Gasteiger partial charge in [-0.3, -0.25) is 10.2 Å². The Bertz CT molecular complexity index is 774. The summed E-state index contributed by atoms with van der Waals surface area (Å²) >= 11 is 0. The summed E-state index contributed by atoms with van der Waals surface area (Å²) in [5.74, 6) is 0. The monoisotopic (exact) mass is 368 g/mol. The molecular weight excluding hydrogens is 344 g/mol. The van der Waals surface area contributed by atoms with Crippen molar-refractivity contribution in [2.24, 2.45) is 0 Å². The van der Waals surface area contributed by atoms with E-state index < -0.39 is 6.09 Å². The molecule has 142 valence electrons. The standard InChI is InChI=1S/C20H24N4O3/c1-27-20(26)22-18-9-5-8-17(14-18)21-19(25)24-12-10-23(11-13-24)15-16-6-3-2-4-7-16/h2-9,14H,10-13,15H2,1H3,(H,21,25)(H,22,26). The van der Waals surface area contributed by atoms with Gasteiger partial charge in [-0.25, -0.2) is 9.59 Å². The number of benzene rings is 2. The second kappa shape index (κ2) is 9.05. The molecule has 1 saturated heterocycles. The third kappa shape index (κ3) is 5.46. The van der Waals surface area contributed by atoms with Crippen LogP contribution in [0.15, 0.2) is 54.6 Å². The highest BCUT2D eigenvalue weighted by Gasteiger charge is 2.21. The number of piperazine rings is 1. The third-order valence-electron chi connectivity index (χ3n) is 4.45. The first kappa shape index (κ1) is 18.7. The summed E-state index contributed by atoms with van der Waals surface area (Å²) in [4.78, 5) is 28.0. The SMILES string of the molecule is COC(=O)Nc1cccc(NC(=O)N2CCN(Cc3ccccc3)CC2)c1. The Hall–Kier alpha value is -3.06. The molecule has 0 radical (unpaired) electrons. The average Bonchev–Trinajstić information content (AvgIpc) is 2.69. The van der Waals surface area contributed by atoms with Gasteiger partial charge in [-0.15, -0.1) is 0 Å². The van der Waals surface area contributed by atoms with Gasteiger partial charge in [0.25, 0.3) is 0 Å². The molecule has 2 aromatic carbocycles. The van der Waals surface area contributed by atoms with Crippen LogP contribution in [-0.2, 0) is 11.3 Å². The fourth-order valence-electron chi connectivity index (χ4n) is 3.00. The van der Waals surface area contributed by atoms with Crippen molar-refractivity contribution in [3.63, 3.8) is 0 Å².